The first kappa shape index (κ1) is 15.6. The number of ether oxygens (including phenoxy) is 1. The number of amides is 1. The van der Waals surface area contributed by atoms with Gasteiger partial charge in [0.05, 0.1) is 5.56 Å². The highest BCUT2D eigenvalue weighted by Crippen LogP contribution is 2.49. The number of nitrogens with zero attached hydrogens (tertiary/aromatic N) is 2. The summed E-state index contributed by atoms with van der Waals surface area (Å²) >= 11 is 0. The lowest BCUT2D eigenvalue weighted by Gasteiger charge is -2.35. The molecule has 0 spiro atoms. The summed E-state index contributed by atoms with van der Waals surface area (Å²) in [5.74, 6) is -0.685. The van der Waals surface area contributed by atoms with Gasteiger partial charge in [0.25, 0.3) is 5.91 Å². The van der Waals surface area contributed by atoms with Gasteiger partial charge in [0.15, 0.2) is 0 Å². The Morgan fingerprint density at radius 1 is 1.32 bits per heavy atom. The van der Waals surface area contributed by atoms with Crippen molar-refractivity contribution in [2.75, 3.05) is 19.7 Å². The van der Waals surface area contributed by atoms with E-state index in [4.69, 9.17) is 4.74 Å². The molecule has 128 valence electrons. The quantitative estimate of drug-likeness (QED) is 0.907. The second-order valence-electron chi connectivity index (χ2n) is 6.72. The van der Waals surface area contributed by atoms with Crippen LogP contribution < -0.4 is 4.74 Å². The Bertz CT molecular complexity index is 866. The SMILES string of the molecule is Cc1ccncc1C(=O)N1CC2c3ccccc3OC[C@]2(C(=O)O)C1. The third-order valence-corrected chi connectivity index (χ3v) is 5.31. The van der Waals surface area contributed by atoms with E-state index >= 15 is 0 Å². The predicted molar refractivity (Wildman–Crippen MR) is 89.6 cm³/mol. The Kier molecular flexibility index (Phi) is 3.49. The van der Waals surface area contributed by atoms with Gasteiger partial charge in [-0.2, -0.15) is 0 Å². The number of hydrogen-bond donors (Lipinski definition) is 1. The van der Waals surface area contributed by atoms with Crippen LogP contribution in [0.2, 0.25) is 0 Å². The number of aryl methyl sites for hydroxylation is 1. The molecule has 1 aromatic heterocycles. The van der Waals surface area contributed by atoms with Crippen LogP contribution in [0.5, 0.6) is 5.75 Å². The number of carbonyl (C=O) groups is 2. The molecule has 0 radical (unpaired) electrons. The molecule has 25 heavy (non-hydrogen) atoms. The van der Waals surface area contributed by atoms with Gasteiger partial charge in [0, 0.05) is 37.0 Å². The molecule has 2 atom stereocenters. The van der Waals surface area contributed by atoms with Crippen molar-refractivity contribution in [2.45, 2.75) is 12.8 Å². The summed E-state index contributed by atoms with van der Waals surface area (Å²) in [5, 5.41) is 9.92. The lowest BCUT2D eigenvalue weighted by molar-refractivity contribution is -0.151. The zero-order valence-corrected chi connectivity index (χ0v) is 13.8. The minimum absolute atomic E-state index is 0.0693. The van der Waals surface area contributed by atoms with Gasteiger partial charge in [-0.15, -0.1) is 0 Å². The summed E-state index contributed by atoms with van der Waals surface area (Å²) in [6.45, 7) is 2.41. The van der Waals surface area contributed by atoms with Gasteiger partial charge >= 0.3 is 5.97 Å². The zero-order chi connectivity index (χ0) is 17.6. The third-order valence-electron chi connectivity index (χ3n) is 5.31. The van der Waals surface area contributed by atoms with E-state index in [1.807, 2.05) is 31.2 Å². The second-order valence-corrected chi connectivity index (χ2v) is 6.72. The number of pyridine rings is 1. The summed E-state index contributed by atoms with van der Waals surface area (Å²) in [6, 6.07) is 9.25. The average molecular weight is 338 g/mol. The maximum atomic E-state index is 12.9. The summed E-state index contributed by atoms with van der Waals surface area (Å²) in [5.41, 5.74) is 1.08. The summed E-state index contributed by atoms with van der Waals surface area (Å²) in [4.78, 5) is 30.7. The third kappa shape index (κ3) is 2.28. The number of carboxylic acids is 1. The van der Waals surface area contributed by atoms with Crippen molar-refractivity contribution in [3.05, 3.63) is 59.4 Å². The molecule has 1 aromatic carbocycles. The lowest BCUT2D eigenvalue weighted by Crippen LogP contribution is -2.46. The molecule has 6 heteroatoms. The largest absolute Gasteiger partial charge is 0.492 e. The molecule has 1 fully saturated rings. The Balaban J connectivity index is 1.73. The van der Waals surface area contributed by atoms with Crippen molar-refractivity contribution < 1.29 is 19.4 Å². The van der Waals surface area contributed by atoms with Gasteiger partial charge in [-0.1, -0.05) is 18.2 Å². The summed E-state index contributed by atoms with van der Waals surface area (Å²) in [6.07, 6.45) is 3.18. The molecule has 0 bridgehead atoms. The fraction of sp³-hybridized carbons (Fsp3) is 0.316. The maximum absolute atomic E-state index is 12.9. The van der Waals surface area contributed by atoms with Gasteiger partial charge in [0.2, 0.25) is 0 Å². The highest BCUT2D eigenvalue weighted by Gasteiger charge is 2.57. The molecule has 3 heterocycles. The fourth-order valence-corrected chi connectivity index (χ4v) is 3.85. The van der Waals surface area contributed by atoms with Gasteiger partial charge in [0.1, 0.15) is 17.8 Å². The predicted octanol–water partition coefficient (Wildman–Crippen LogP) is 2.09. The number of aliphatic carboxylic acids is 1. The first-order chi connectivity index (χ1) is 12.0. The number of rotatable bonds is 2. The molecular formula is C19H18N2O4. The van der Waals surface area contributed by atoms with Crippen LogP contribution >= 0.6 is 0 Å². The Morgan fingerprint density at radius 3 is 2.88 bits per heavy atom. The van der Waals surface area contributed by atoms with E-state index in [0.717, 1.165) is 11.1 Å². The topological polar surface area (TPSA) is 79.7 Å². The van der Waals surface area contributed by atoms with Crippen molar-refractivity contribution in [1.82, 2.24) is 9.88 Å². The van der Waals surface area contributed by atoms with E-state index in [1.54, 1.807) is 17.2 Å². The molecule has 6 nitrogen and oxygen atoms in total. The van der Waals surface area contributed by atoms with Gasteiger partial charge in [-0.25, -0.2) is 0 Å². The fourth-order valence-electron chi connectivity index (χ4n) is 3.85. The van der Waals surface area contributed by atoms with Gasteiger partial charge < -0.3 is 14.7 Å². The van der Waals surface area contributed by atoms with Crippen molar-refractivity contribution >= 4 is 11.9 Å². The standard InChI is InChI=1S/C19H18N2O4/c1-12-6-7-20-8-14(12)17(22)21-9-15-13-4-2-3-5-16(13)25-11-19(15,10-21)18(23)24/h2-8,15H,9-11H2,1H3,(H,23,24)/t15?,19-/m1/s1. The van der Waals surface area contributed by atoms with E-state index < -0.39 is 11.4 Å². The van der Waals surface area contributed by atoms with E-state index in [-0.39, 0.29) is 25.0 Å². The number of fused-ring (bicyclic) bond motifs is 3. The normalized spacial score (nSPS) is 24.2. The molecule has 2 aromatic rings. The summed E-state index contributed by atoms with van der Waals surface area (Å²) < 4.78 is 5.73. The van der Waals surface area contributed by atoms with E-state index in [9.17, 15) is 14.7 Å². The average Bonchev–Trinajstić information content (AvgIpc) is 3.03. The number of carboxylic acid groups (broad SMARTS) is 1. The van der Waals surface area contributed by atoms with Crippen molar-refractivity contribution in [2.24, 2.45) is 5.41 Å². The van der Waals surface area contributed by atoms with E-state index in [0.29, 0.717) is 17.9 Å². The van der Waals surface area contributed by atoms with Crippen LogP contribution in [0.15, 0.2) is 42.7 Å². The number of hydrogen-bond acceptors (Lipinski definition) is 4. The van der Waals surface area contributed by atoms with Crippen LogP contribution in [0.4, 0.5) is 0 Å². The van der Waals surface area contributed by atoms with Crippen LogP contribution in [0.3, 0.4) is 0 Å². The molecule has 1 saturated heterocycles. The van der Waals surface area contributed by atoms with Crippen molar-refractivity contribution in [1.29, 1.82) is 0 Å². The molecule has 1 unspecified atom stereocenters. The highest BCUT2D eigenvalue weighted by atomic mass is 16.5. The Labute approximate surface area is 145 Å². The van der Waals surface area contributed by atoms with Gasteiger partial charge in [-0.3, -0.25) is 14.6 Å². The minimum atomic E-state index is -1.11. The second kappa shape index (κ2) is 5.58. The molecule has 0 saturated carbocycles. The number of carbonyl (C=O) groups excluding carboxylic acids is 1. The van der Waals surface area contributed by atoms with Crippen LogP contribution in [0.1, 0.15) is 27.4 Å². The number of para-hydroxylation sites is 1. The van der Waals surface area contributed by atoms with Crippen LogP contribution in [0.25, 0.3) is 0 Å². The van der Waals surface area contributed by atoms with Gasteiger partial charge in [-0.05, 0) is 24.6 Å². The molecule has 4 rings (SSSR count). The lowest BCUT2D eigenvalue weighted by atomic mass is 9.73. The van der Waals surface area contributed by atoms with Crippen LogP contribution in [-0.4, -0.2) is 46.6 Å². The first-order valence-corrected chi connectivity index (χ1v) is 8.18. The summed E-state index contributed by atoms with van der Waals surface area (Å²) in [7, 11) is 0. The Hall–Kier alpha value is -2.89. The first-order valence-electron chi connectivity index (χ1n) is 8.18. The van der Waals surface area contributed by atoms with Crippen LogP contribution in [-0.2, 0) is 4.79 Å². The molecular weight excluding hydrogens is 320 g/mol. The van der Waals surface area contributed by atoms with Crippen molar-refractivity contribution in [3.63, 3.8) is 0 Å². The molecule has 2 aliphatic heterocycles. The van der Waals surface area contributed by atoms with E-state index in [1.165, 1.54) is 6.20 Å². The van der Waals surface area contributed by atoms with Crippen LogP contribution in [0, 0.1) is 12.3 Å². The number of benzene rings is 1. The Morgan fingerprint density at radius 2 is 2.12 bits per heavy atom. The molecule has 0 aliphatic carbocycles. The molecule has 1 N–H and O–H groups in total. The maximum Gasteiger partial charge on any atom is 0.315 e. The smallest absolute Gasteiger partial charge is 0.315 e. The highest BCUT2D eigenvalue weighted by molar-refractivity contribution is 5.96. The van der Waals surface area contributed by atoms with E-state index in [2.05, 4.69) is 4.98 Å². The number of aromatic nitrogens is 1. The number of likely N-dealkylation sites (tertiary alicyclic amines) is 1. The zero-order valence-electron chi connectivity index (χ0n) is 13.8. The monoisotopic (exact) mass is 338 g/mol. The minimum Gasteiger partial charge on any atom is -0.492 e. The molecule has 1 amide bonds. The molecule has 2 aliphatic rings. The van der Waals surface area contributed by atoms with Crippen molar-refractivity contribution in [3.8, 4) is 5.75 Å².